The van der Waals surface area contributed by atoms with Crippen LogP contribution in [0.25, 0.3) is 0 Å². The van der Waals surface area contributed by atoms with E-state index in [2.05, 4.69) is 17.0 Å². The average molecular weight is 373 g/mol. The Hall–Kier alpha value is -2.40. The number of nitrogens with zero attached hydrogens (tertiary/aromatic N) is 1. The van der Waals surface area contributed by atoms with E-state index in [1.807, 2.05) is 49.5 Å². The molecule has 0 spiro atoms. The molecule has 0 radical (unpaired) electrons. The maximum atomic E-state index is 12.7. The van der Waals surface area contributed by atoms with Gasteiger partial charge >= 0.3 is 6.18 Å². The first-order valence-corrected chi connectivity index (χ1v) is 8.94. The summed E-state index contributed by atoms with van der Waals surface area (Å²) < 4.78 is 38.1. The molecule has 0 bridgehead atoms. The molecular weight excluding hydrogens is 355 g/mol. The lowest BCUT2D eigenvalue weighted by Gasteiger charge is -2.22. The minimum Gasteiger partial charge on any atom is -0.369 e. The quantitative estimate of drug-likeness (QED) is 0.503. The third kappa shape index (κ3) is 4.61. The number of halogens is 3. The van der Waals surface area contributed by atoms with Crippen LogP contribution in [0.3, 0.4) is 0 Å². The molecule has 0 atom stereocenters. The van der Waals surface area contributed by atoms with E-state index in [0.29, 0.717) is 0 Å². The molecule has 0 aromatic heterocycles. The predicted octanol–water partition coefficient (Wildman–Crippen LogP) is 6.49. The van der Waals surface area contributed by atoms with E-state index in [0.717, 1.165) is 34.2 Å². The second-order valence-electron chi connectivity index (χ2n) is 5.93. The van der Waals surface area contributed by atoms with E-state index >= 15 is 0 Å². The van der Waals surface area contributed by atoms with Crippen LogP contribution < -0.4 is 4.90 Å². The Kier molecular flexibility index (Phi) is 5.57. The molecule has 1 nitrogen and oxygen atoms in total. The molecule has 0 N–H and O–H groups in total. The predicted molar refractivity (Wildman–Crippen MR) is 101 cm³/mol. The van der Waals surface area contributed by atoms with Crippen molar-refractivity contribution >= 4 is 17.4 Å². The average Bonchev–Trinajstić information content (AvgIpc) is 2.63. The molecule has 26 heavy (non-hydrogen) atoms. The molecule has 0 fully saturated rings. The van der Waals surface area contributed by atoms with Gasteiger partial charge in [-0.15, -0.1) is 0 Å². The molecule has 134 valence electrons. The Labute approximate surface area is 155 Å². The van der Waals surface area contributed by atoms with Crippen molar-refractivity contribution in [3.63, 3.8) is 0 Å². The van der Waals surface area contributed by atoms with E-state index in [1.54, 1.807) is 0 Å². The number of rotatable bonds is 5. The van der Waals surface area contributed by atoms with Gasteiger partial charge in [-0.1, -0.05) is 54.2 Å². The van der Waals surface area contributed by atoms with E-state index in [4.69, 9.17) is 0 Å². The molecule has 0 amide bonds. The maximum Gasteiger partial charge on any atom is 0.416 e. The third-order valence-corrected chi connectivity index (χ3v) is 5.02. The fraction of sp³-hybridized carbons (Fsp3) is 0.143. The van der Waals surface area contributed by atoms with Gasteiger partial charge in [0.25, 0.3) is 0 Å². The Morgan fingerprint density at radius 3 is 2.08 bits per heavy atom. The van der Waals surface area contributed by atoms with Crippen molar-refractivity contribution in [1.82, 2.24) is 0 Å². The zero-order valence-electron chi connectivity index (χ0n) is 14.2. The van der Waals surface area contributed by atoms with Crippen molar-refractivity contribution in [3.05, 3.63) is 90.0 Å². The lowest BCUT2D eigenvalue weighted by molar-refractivity contribution is -0.137. The van der Waals surface area contributed by atoms with E-state index in [-0.39, 0.29) is 0 Å². The highest BCUT2D eigenvalue weighted by atomic mass is 32.2. The highest BCUT2D eigenvalue weighted by Gasteiger charge is 2.29. The van der Waals surface area contributed by atoms with Crippen LogP contribution in [-0.2, 0) is 12.7 Å². The van der Waals surface area contributed by atoms with Crippen molar-refractivity contribution in [2.45, 2.75) is 22.5 Å². The van der Waals surface area contributed by atoms with Crippen LogP contribution in [0.5, 0.6) is 0 Å². The van der Waals surface area contributed by atoms with Crippen LogP contribution in [0.1, 0.15) is 11.1 Å². The van der Waals surface area contributed by atoms with Crippen molar-refractivity contribution in [2.24, 2.45) is 0 Å². The van der Waals surface area contributed by atoms with Crippen molar-refractivity contribution in [3.8, 4) is 0 Å². The maximum absolute atomic E-state index is 12.7. The smallest absolute Gasteiger partial charge is 0.369 e. The summed E-state index contributed by atoms with van der Waals surface area (Å²) in [4.78, 5) is 3.92. The molecule has 3 rings (SSSR count). The summed E-state index contributed by atoms with van der Waals surface area (Å²) in [6.07, 6.45) is -4.31. The van der Waals surface area contributed by atoms with Crippen LogP contribution in [0.15, 0.2) is 88.7 Å². The molecule has 0 saturated carbocycles. The molecule has 3 aromatic rings. The molecule has 5 heteroatoms. The van der Waals surface area contributed by atoms with Crippen LogP contribution in [0, 0.1) is 0 Å². The van der Waals surface area contributed by atoms with Gasteiger partial charge in [0.05, 0.1) is 11.3 Å². The van der Waals surface area contributed by atoms with Crippen molar-refractivity contribution in [2.75, 3.05) is 11.9 Å². The van der Waals surface area contributed by atoms with Crippen molar-refractivity contribution < 1.29 is 13.2 Å². The highest BCUT2D eigenvalue weighted by Crippen LogP contribution is 2.37. The van der Waals surface area contributed by atoms with Crippen LogP contribution in [0.2, 0.25) is 0 Å². The lowest BCUT2D eigenvalue weighted by atomic mass is 10.2. The minimum atomic E-state index is -4.31. The first kappa shape index (κ1) is 18.4. The van der Waals surface area contributed by atoms with Crippen molar-refractivity contribution in [1.29, 1.82) is 0 Å². The first-order chi connectivity index (χ1) is 12.4. The van der Waals surface area contributed by atoms with Gasteiger partial charge < -0.3 is 4.90 Å². The topological polar surface area (TPSA) is 3.24 Å². The molecule has 3 aromatic carbocycles. The molecule has 0 unspecified atom stereocenters. The standard InChI is InChI=1S/C21H18F3NS/c1-25(15-16-7-3-2-4-8-16)19-9-5-6-10-20(19)26-18-13-11-17(12-14-18)21(22,23)24/h2-14H,15H2,1H3. The molecule has 0 saturated heterocycles. The fourth-order valence-electron chi connectivity index (χ4n) is 2.64. The van der Waals surface area contributed by atoms with Crippen LogP contribution in [-0.4, -0.2) is 7.05 Å². The van der Waals surface area contributed by atoms with E-state index < -0.39 is 11.7 Å². The Balaban J connectivity index is 1.79. The van der Waals surface area contributed by atoms with Gasteiger partial charge in [-0.3, -0.25) is 0 Å². The SMILES string of the molecule is CN(Cc1ccccc1)c1ccccc1Sc1ccc(C(F)(F)F)cc1. The summed E-state index contributed by atoms with van der Waals surface area (Å²) in [5.74, 6) is 0. The zero-order chi connectivity index (χ0) is 18.6. The Morgan fingerprint density at radius 1 is 0.808 bits per heavy atom. The van der Waals surface area contributed by atoms with E-state index in [9.17, 15) is 13.2 Å². The number of para-hydroxylation sites is 1. The zero-order valence-corrected chi connectivity index (χ0v) is 15.0. The molecular formula is C21H18F3NS. The second kappa shape index (κ2) is 7.87. The summed E-state index contributed by atoms with van der Waals surface area (Å²) >= 11 is 1.46. The van der Waals surface area contributed by atoms with Gasteiger partial charge in [0.1, 0.15) is 0 Å². The van der Waals surface area contributed by atoms with Gasteiger partial charge in [0.2, 0.25) is 0 Å². The molecule has 0 aliphatic rings. The van der Waals surface area contributed by atoms with Gasteiger partial charge in [0.15, 0.2) is 0 Å². The molecule has 0 aliphatic heterocycles. The summed E-state index contributed by atoms with van der Waals surface area (Å²) in [7, 11) is 2.01. The monoisotopic (exact) mass is 373 g/mol. The molecule has 0 aliphatic carbocycles. The summed E-state index contributed by atoms with van der Waals surface area (Å²) in [6.45, 7) is 0.755. The second-order valence-corrected chi connectivity index (χ2v) is 7.05. The van der Waals surface area contributed by atoms with Gasteiger partial charge in [-0.2, -0.15) is 13.2 Å². The Morgan fingerprint density at radius 2 is 1.42 bits per heavy atom. The number of anilines is 1. The fourth-order valence-corrected chi connectivity index (χ4v) is 3.64. The number of hydrogen-bond acceptors (Lipinski definition) is 2. The largest absolute Gasteiger partial charge is 0.416 e. The summed E-state index contributed by atoms with van der Waals surface area (Å²) in [5, 5.41) is 0. The summed E-state index contributed by atoms with van der Waals surface area (Å²) in [6, 6.07) is 23.3. The van der Waals surface area contributed by atoms with Gasteiger partial charge in [-0.25, -0.2) is 0 Å². The number of benzene rings is 3. The van der Waals surface area contributed by atoms with Gasteiger partial charge in [-0.05, 0) is 42.0 Å². The minimum absolute atomic E-state index is 0.628. The lowest BCUT2D eigenvalue weighted by Crippen LogP contribution is -2.16. The van der Waals surface area contributed by atoms with E-state index in [1.165, 1.54) is 29.5 Å². The number of alkyl halides is 3. The Bertz CT molecular complexity index is 845. The third-order valence-electron chi connectivity index (χ3n) is 3.95. The molecule has 0 heterocycles. The van der Waals surface area contributed by atoms with Crippen LogP contribution in [0.4, 0.5) is 18.9 Å². The number of hydrogen-bond donors (Lipinski definition) is 0. The summed E-state index contributed by atoms with van der Waals surface area (Å²) in [5.41, 5.74) is 1.61. The van der Waals surface area contributed by atoms with Gasteiger partial charge in [0, 0.05) is 23.4 Å². The highest BCUT2D eigenvalue weighted by molar-refractivity contribution is 7.99. The van der Waals surface area contributed by atoms with Crippen LogP contribution >= 0.6 is 11.8 Å². The normalized spacial score (nSPS) is 11.4. The first-order valence-electron chi connectivity index (χ1n) is 8.13.